The predicted octanol–water partition coefficient (Wildman–Crippen LogP) is 1.68. The maximum atomic E-state index is 12.3. The van der Waals surface area contributed by atoms with Crippen molar-refractivity contribution in [2.75, 3.05) is 19.6 Å². The first-order valence-electron chi connectivity index (χ1n) is 7.57. The highest BCUT2D eigenvalue weighted by Crippen LogP contribution is 2.22. The quantitative estimate of drug-likeness (QED) is 0.777. The van der Waals surface area contributed by atoms with Gasteiger partial charge >= 0.3 is 0 Å². The van der Waals surface area contributed by atoms with Crippen LogP contribution in [0.15, 0.2) is 23.8 Å². The summed E-state index contributed by atoms with van der Waals surface area (Å²) in [5.41, 5.74) is 0.602. The summed E-state index contributed by atoms with van der Waals surface area (Å²) < 4.78 is 0. The standard InChI is InChI=1S/C16H24N2O2/c1-3-5-6-15(19)13(4-2)8-16(20)18-10-12-7-14(11-18)17-9-12/h5-6,8,12,14,17H,3-4,7,9-11H2,1-2H3/b6-5?,13-8+/t12-,14-/m0/s1. The van der Waals surface area contributed by atoms with E-state index in [0.717, 1.165) is 26.1 Å². The molecule has 4 heteroatoms. The van der Waals surface area contributed by atoms with Crippen molar-refractivity contribution in [1.29, 1.82) is 0 Å². The normalized spacial score (nSPS) is 26.3. The molecule has 110 valence electrons. The Labute approximate surface area is 120 Å². The molecule has 0 aliphatic carbocycles. The van der Waals surface area contributed by atoms with E-state index in [0.29, 0.717) is 24.0 Å². The van der Waals surface area contributed by atoms with Gasteiger partial charge in [0.1, 0.15) is 0 Å². The molecule has 0 aromatic carbocycles. The van der Waals surface area contributed by atoms with E-state index >= 15 is 0 Å². The van der Waals surface area contributed by atoms with Gasteiger partial charge in [0.25, 0.3) is 0 Å². The Kier molecular flexibility index (Phi) is 5.12. The van der Waals surface area contributed by atoms with Gasteiger partial charge in [-0.15, -0.1) is 0 Å². The smallest absolute Gasteiger partial charge is 0.247 e. The zero-order valence-electron chi connectivity index (χ0n) is 12.4. The van der Waals surface area contributed by atoms with Crippen LogP contribution in [0.25, 0.3) is 0 Å². The van der Waals surface area contributed by atoms with E-state index in [1.807, 2.05) is 24.8 Å². The molecule has 2 fully saturated rings. The number of hydrogen-bond donors (Lipinski definition) is 1. The minimum atomic E-state index is -0.0409. The van der Waals surface area contributed by atoms with Gasteiger partial charge in [0.05, 0.1) is 0 Å². The van der Waals surface area contributed by atoms with Gasteiger partial charge in [-0.25, -0.2) is 0 Å². The van der Waals surface area contributed by atoms with Crippen LogP contribution >= 0.6 is 0 Å². The van der Waals surface area contributed by atoms with Crippen LogP contribution in [0, 0.1) is 5.92 Å². The highest BCUT2D eigenvalue weighted by Gasteiger charge is 2.34. The molecule has 2 atom stereocenters. The molecule has 1 amide bonds. The average molecular weight is 276 g/mol. The molecule has 4 nitrogen and oxygen atoms in total. The molecule has 0 saturated carbocycles. The summed E-state index contributed by atoms with van der Waals surface area (Å²) in [5.74, 6) is 0.520. The number of amides is 1. The summed E-state index contributed by atoms with van der Waals surface area (Å²) in [5, 5.41) is 3.43. The van der Waals surface area contributed by atoms with Crippen molar-refractivity contribution < 1.29 is 9.59 Å². The van der Waals surface area contributed by atoms with E-state index in [4.69, 9.17) is 0 Å². The zero-order chi connectivity index (χ0) is 14.5. The molecule has 0 unspecified atom stereocenters. The summed E-state index contributed by atoms with van der Waals surface area (Å²) >= 11 is 0. The highest BCUT2D eigenvalue weighted by atomic mass is 16.2. The topological polar surface area (TPSA) is 49.4 Å². The lowest BCUT2D eigenvalue weighted by molar-refractivity contribution is -0.127. The number of hydrogen-bond acceptors (Lipinski definition) is 3. The molecule has 0 radical (unpaired) electrons. The van der Waals surface area contributed by atoms with E-state index in [1.54, 1.807) is 6.08 Å². The van der Waals surface area contributed by atoms with E-state index in [1.165, 1.54) is 12.5 Å². The Balaban J connectivity index is 2.02. The van der Waals surface area contributed by atoms with Crippen LogP contribution in [0.4, 0.5) is 0 Å². The van der Waals surface area contributed by atoms with Crippen LogP contribution < -0.4 is 5.32 Å². The number of ketones is 1. The number of carbonyl (C=O) groups is 2. The lowest BCUT2D eigenvalue weighted by Gasteiger charge is -2.30. The third-order valence-electron chi connectivity index (χ3n) is 4.04. The molecular formula is C16H24N2O2. The molecule has 0 aromatic heterocycles. The van der Waals surface area contributed by atoms with Crippen molar-refractivity contribution in [3.8, 4) is 0 Å². The fourth-order valence-electron chi connectivity index (χ4n) is 2.93. The number of piperidine rings is 1. The molecule has 2 saturated heterocycles. The maximum Gasteiger partial charge on any atom is 0.247 e. The average Bonchev–Trinajstić information content (AvgIpc) is 2.80. The third kappa shape index (κ3) is 3.57. The Morgan fingerprint density at radius 3 is 2.75 bits per heavy atom. The Hall–Kier alpha value is -1.42. The van der Waals surface area contributed by atoms with E-state index < -0.39 is 0 Å². The molecule has 1 N–H and O–H groups in total. The van der Waals surface area contributed by atoms with Gasteiger partial charge in [0.15, 0.2) is 5.78 Å². The van der Waals surface area contributed by atoms with Gasteiger partial charge in [-0.2, -0.15) is 0 Å². The Morgan fingerprint density at radius 2 is 2.10 bits per heavy atom. The first-order valence-corrected chi connectivity index (χ1v) is 7.57. The number of allylic oxidation sites excluding steroid dienone is 3. The number of likely N-dealkylation sites (tertiary alicyclic amines) is 1. The highest BCUT2D eigenvalue weighted by molar-refractivity contribution is 6.07. The van der Waals surface area contributed by atoms with E-state index in [2.05, 4.69) is 5.32 Å². The monoisotopic (exact) mass is 276 g/mol. The Bertz CT molecular complexity index is 428. The van der Waals surface area contributed by atoms with E-state index in [-0.39, 0.29) is 11.7 Å². The van der Waals surface area contributed by atoms with Gasteiger partial charge in [-0.3, -0.25) is 9.59 Å². The van der Waals surface area contributed by atoms with Crippen LogP contribution in [0.2, 0.25) is 0 Å². The number of nitrogens with one attached hydrogen (secondary N) is 1. The Morgan fingerprint density at radius 1 is 1.30 bits per heavy atom. The van der Waals surface area contributed by atoms with Crippen molar-refractivity contribution >= 4 is 11.7 Å². The molecule has 20 heavy (non-hydrogen) atoms. The van der Waals surface area contributed by atoms with Crippen LogP contribution in [0.3, 0.4) is 0 Å². The van der Waals surface area contributed by atoms with Crippen molar-refractivity contribution in [2.24, 2.45) is 5.92 Å². The second kappa shape index (κ2) is 6.84. The minimum Gasteiger partial charge on any atom is -0.337 e. The summed E-state index contributed by atoms with van der Waals surface area (Å²) in [4.78, 5) is 26.1. The van der Waals surface area contributed by atoms with Crippen molar-refractivity contribution in [2.45, 2.75) is 39.2 Å². The van der Waals surface area contributed by atoms with Crippen molar-refractivity contribution in [3.05, 3.63) is 23.8 Å². The van der Waals surface area contributed by atoms with Gasteiger partial charge in [0, 0.05) is 37.3 Å². The SMILES string of the molecule is CCC=CC(=O)/C(=C/C(=O)N1C[C@@H]2CN[C@@H](C2)C1)CC. The van der Waals surface area contributed by atoms with Crippen LogP contribution in [-0.2, 0) is 9.59 Å². The molecule has 2 heterocycles. The molecular weight excluding hydrogens is 252 g/mol. The third-order valence-corrected chi connectivity index (χ3v) is 4.04. The molecule has 2 bridgehead atoms. The first kappa shape index (κ1) is 15.0. The fourth-order valence-corrected chi connectivity index (χ4v) is 2.93. The van der Waals surface area contributed by atoms with Gasteiger partial charge in [-0.1, -0.05) is 19.9 Å². The summed E-state index contributed by atoms with van der Waals surface area (Å²) in [6, 6.07) is 0.437. The predicted molar refractivity (Wildman–Crippen MR) is 79.3 cm³/mol. The second-order valence-electron chi connectivity index (χ2n) is 5.65. The lowest BCUT2D eigenvalue weighted by atomic mass is 9.99. The van der Waals surface area contributed by atoms with Gasteiger partial charge < -0.3 is 10.2 Å². The van der Waals surface area contributed by atoms with Gasteiger partial charge in [0.2, 0.25) is 5.91 Å². The number of nitrogens with zero attached hydrogens (tertiary/aromatic N) is 1. The lowest BCUT2D eigenvalue weighted by Crippen LogP contribution is -2.44. The largest absolute Gasteiger partial charge is 0.337 e. The van der Waals surface area contributed by atoms with Crippen LogP contribution in [-0.4, -0.2) is 42.3 Å². The molecule has 0 aromatic rings. The molecule has 2 aliphatic rings. The second-order valence-corrected chi connectivity index (χ2v) is 5.65. The molecule has 2 rings (SSSR count). The summed E-state index contributed by atoms with van der Waals surface area (Å²) in [6.07, 6.45) is 7.54. The fraction of sp³-hybridized carbons (Fsp3) is 0.625. The van der Waals surface area contributed by atoms with Crippen molar-refractivity contribution in [1.82, 2.24) is 10.2 Å². The molecule has 0 spiro atoms. The summed E-state index contributed by atoms with van der Waals surface area (Å²) in [7, 11) is 0. The minimum absolute atomic E-state index is 0.0153. The van der Waals surface area contributed by atoms with Gasteiger partial charge in [-0.05, 0) is 31.3 Å². The van der Waals surface area contributed by atoms with Crippen LogP contribution in [0.5, 0.6) is 0 Å². The number of carbonyl (C=O) groups excluding carboxylic acids is 2. The van der Waals surface area contributed by atoms with E-state index in [9.17, 15) is 9.59 Å². The number of fused-ring (bicyclic) bond motifs is 2. The molecule has 2 aliphatic heterocycles. The first-order chi connectivity index (χ1) is 9.63. The van der Waals surface area contributed by atoms with Crippen molar-refractivity contribution in [3.63, 3.8) is 0 Å². The zero-order valence-corrected chi connectivity index (χ0v) is 12.4. The summed E-state index contributed by atoms with van der Waals surface area (Å²) in [6.45, 7) is 6.49. The van der Waals surface area contributed by atoms with Crippen LogP contribution in [0.1, 0.15) is 33.1 Å². The maximum absolute atomic E-state index is 12.3. The number of rotatable bonds is 5.